The Labute approximate surface area is 121 Å². The zero-order chi connectivity index (χ0) is 14.5. The van der Waals surface area contributed by atoms with E-state index in [0.29, 0.717) is 5.56 Å². The van der Waals surface area contributed by atoms with Gasteiger partial charge in [-0.15, -0.1) is 0 Å². The van der Waals surface area contributed by atoms with Crippen LogP contribution < -0.4 is 0 Å². The van der Waals surface area contributed by atoms with Crippen molar-refractivity contribution in [3.05, 3.63) is 70.5 Å². The summed E-state index contributed by atoms with van der Waals surface area (Å²) in [5.74, 6) is -1.75. The van der Waals surface area contributed by atoms with E-state index in [2.05, 4.69) is 0 Å². The van der Waals surface area contributed by atoms with E-state index < -0.39 is 17.5 Å². The topological polar surface area (TPSA) is 40.9 Å². The van der Waals surface area contributed by atoms with Crippen molar-refractivity contribution >= 4 is 17.4 Å². The van der Waals surface area contributed by atoms with Gasteiger partial charge in [-0.05, 0) is 23.8 Å². The van der Waals surface area contributed by atoms with Crippen molar-refractivity contribution in [2.45, 2.75) is 12.3 Å². The van der Waals surface area contributed by atoms with Gasteiger partial charge in [-0.1, -0.05) is 41.9 Å². The molecule has 0 spiro atoms. The first kappa shape index (κ1) is 14.2. The van der Waals surface area contributed by atoms with Crippen LogP contribution in [0, 0.1) is 17.1 Å². The van der Waals surface area contributed by atoms with Crippen LogP contribution in [0.5, 0.6) is 0 Å². The maximum absolute atomic E-state index is 13.8. The number of nitrogens with zero attached hydrogens (tertiary/aromatic N) is 1. The number of hydrogen-bond acceptors (Lipinski definition) is 2. The molecule has 0 radical (unpaired) electrons. The van der Waals surface area contributed by atoms with Crippen LogP contribution in [-0.2, 0) is 0 Å². The largest absolute Gasteiger partial charge is 0.293 e. The third-order valence-electron chi connectivity index (χ3n) is 3.01. The average molecular weight is 288 g/mol. The summed E-state index contributed by atoms with van der Waals surface area (Å²) < 4.78 is 13.8. The minimum atomic E-state index is -0.670. The molecule has 0 amide bonds. The van der Waals surface area contributed by atoms with Gasteiger partial charge in [0.15, 0.2) is 5.78 Å². The fourth-order valence-corrected chi connectivity index (χ4v) is 2.17. The molecule has 100 valence electrons. The number of Topliss-reactive ketones (excluding diaryl/α,β-unsaturated/α-hetero) is 1. The summed E-state index contributed by atoms with van der Waals surface area (Å²) in [6.45, 7) is 0. The molecule has 0 aliphatic heterocycles. The van der Waals surface area contributed by atoms with Gasteiger partial charge < -0.3 is 0 Å². The van der Waals surface area contributed by atoms with E-state index >= 15 is 0 Å². The quantitative estimate of drug-likeness (QED) is 0.784. The van der Waals surface area contributed by atoms with Gasteiger partial charge in [0.25, 0.3) is 0 Å². The Morgan fingerprint density at radius 2 is 1.95 bits per heavy atom. The molecule has 0 saturated heterocycles. The Morgan fingerprint density at radius 3 is 2.55 bits per heavy atom. The number of carbonyl (C=O) groups is 1. The van der Waals surface area contributed by atoms with E-state index in [-0.39, 0.29) is 17.0 Å². The smallest absolute Gasteiger partial charge is 0.174 e. The molecule has 0 N–H and O–H groups in total. The normalized spacial score (nSPS) is 11.7. The Morgan fingerprint density at radius 1 is 1.25 bits per heavy atom. The summed E-state index contributed by atoms with van der Waals surface area (Å²) in [4.78, 5) is 12.4. The maximum atomic E-state index is 13.8. The van der Waals surface area contributed by atoms with Crippen molar-refractivity contribution in [1.82, 2.24) is 0 Å². The standard InChI is InChI=1S/C16H11ClFNO/c17-12-6-7-14(15(18)10-12)16(20)13(8-9-19)11-4-2-1-3-5-11/h1-7,10,13H,8H2. The third kappa shape index (κ3) is 3.04. The van der Waals surface area contributed by atoms with Crippen molar-refractivity contribution < 1.29 is 9.18 Å². The minimum absolute atomic E-state index is 0.00487. The van der Waals surface area contributed by atoms with Crippen LogP contribution in [0.1, 0.15) is 28.3 Å². The first-order valence-electron chi connectivity index (χ1n) is 6.04. The molecule has 1 atom stereocenters. The summed E-state index contributed by atoms with van der Waals surface area (Å²) >= 11 is 5.68. The number of hydrogen-bond donors (Lipinski definition) is 0. The molecule has 0 aliphatic carbocycles. The fourth-order valence-electron chi connectivity index (χ4n) is 2.02. The molecule has 2 rings (SSSR count). The zero-order valence-electron chi connectivity index (χ0n) is 10.5. The van der Waals surface area contributed by atoms with E-state index in [0.717, 1.165) is 6.07 Å². The van der Waals surface area contributed by atoms with Crippen LogP contribution in [0.25, 0.3) is 0 Å². The van der Waals surface area contributed by atoms with Crippen LogP contribution in [0.2, 0.25) is 5.02 Å². The second kappa shape index (κ2) is 6.31. The highest BCUT2D eigenvalue weighted by Gasteiger charge is 2.24. The van der Waals surface area contributed by atoms with Gasteiger partial charge >= 0.3 is 0 Å². The molecule has 2 aromatic carbocycles. The Kier molecular flexibility index (Phi) is 4.49. The summed E-state index contributed by atoms with van der Waals surface area (Å²) in [7, 11) is 0. The van der Waals surface area contributed by atoms with Crippen molar-refractivity contribution in [2.75, 3.05) is 0 Å². The third-order valence-corrected chi connectivity index (χ3v) is 3.25. The molecular formula is C16H11ClFNO. The second-order valence-corrected chi connectivity index (χ2v) is 4.75. The molecule has 0 saturated carbocycles. The number of benzene rings is 2. The Bertz CT molecular complexity index is 664. The molecule has 0 fully saturated rings. The van der Waals surface area contributed by atoms with Crippen molar-refractivity contribution in [3.63, 3.8) is 0 Å². The van der Waals surface area contributed by atoms with Crippen molar-refractivity contribution in [1.29, 1.82) is 5.26 Å². The zero-order valence-corrected chi connectivity index (χ0v) is 11.3. The molecule has 0 bridgehead atoms. The van der Waals surface area contributed by atoms with E-state index in [1.54, 1.807) is 24.3 Å². The van der Waals surface area contributed by atoms with Gasteiger partial charge in [0.05, 0.1) is 17.6 Å². The molecular weight excluding hydrogens is 277 g/mol. The van der Waals surface area contributed by atoms with Gasteiger partial charge in [-0.3, -0.25) is 4.79 Å². The lowest BCUT2D eigenvalue weighted by Gasteiger charge is -2.13. The lowest BCUT2D eigenvalue weighted by atomic mass is 9.88. The highest BCUT2D eigenvalue weighted by atomic mass is 35.5. The Hall–Kier alpha value is -2.18. The predicted molar refractivity (Wildman–Crippen MR) is 75.2 cm³/mol. The average Bonchev–Trinajstić information content (AvgIpc) is 2.45. The molecule has 20 heavy (non-hydrogen) atoms. The molecule has 2 aromatic rings. The van der Waals surface area contributed by atoms with Crippen molar-refractivity contribution in [3.8, 4) is 6.07 Å². The number of carbonyl (C=O) groups excluding carboxylic acids is 1. The first-order chi connectivity index (χ1) is 9.63. The number of halogens is 2. The number of rotatable bonds is 4. The molecule has 1 unspecified atom stereocenters. The SMILES string of the molecule is N#CCC(C(=O)c1ccc(Cl)cc1F)c1ccccc1. The van der Waals surface area contributed by atoms with Crippen LogP contribution in [-0.4, -0.2) is 5.78 Å². The second-order valence-electron chi connectivity index (χ2n) is 4.31. The molecule has 0 aromatic heterocycles. The number of nitriles is 1. The van der Waals surface area contributed by atoms with Gasteiger partial charge in [-0.25, -0.2) is 4.39 Å². The molecule has 2 nitrogen and oxygen atoms in total. The van der Waals surface area contributed by atoms with E-state index in [1.807, 2.05) is 12.1 Å². The summed E-state index contributed by atoms with van der Waals surface area (Å²) in [6, 6.07) is 14.8. The van der Waals surface area contributed by atoms with E-state index in [1.165, 1.54) is 12.1 Å². The fraction of sp³-hybridized carbons (Fsp3) is 0.125. The van der Waals surface area contributed by atoms with Crippen molar-refractivity contribution in [2.24, 2.45) is 0 Å². The summed E-state index contributed by atoms with van der Waals surface area (Å²) in [5, 5.41) is 9.12. The highest BCUT2D eigenvalue weighted by molar-refractivity contribution is 6.30. The first-order valence-corrected chi connectivity index (χ1v) is 6.42. The predicted octanol–water partition coefficient (Wildman–Crippen LogP) is 4.36. The van der Waals surface area contributed by atoms with E-state index in [9.17, 15) is 9.18 Å². The maximum Gasteiger partial charge on any atom is 0.174 e. The van der Waals surface area contributed by atoms with Crippen LogP contribution in [0.4, 0.5) is 4.39 Å². The molecule has 4 heteroatoms. The summed E-state index contributed by atoms with van der Waals surface area (Å²) in [5.41, 5.74) is 0.659. The number of ketones is 1. The van der Waals surface area contributed by atoms with Crippen LogP contribution in [0.3, 0.4) is 0 Å². The lowest BCUT2D eigenvalue weighted by Crippen LogP contribution is -2.14. The van der Waals surface area contributed by atoms with Gasteiger partial charge in [0, 0.05) is 11.4 Å². The monoisotopic (exact) mass is 287 g/mol. The van der Waals surface area contributed by atoms with Crippen LogP contribution >= 0.6 is 11.6 Å². The molecule has 0 aliphatic rings. The minimum Gasteiger partial charge on any atom is -0.293 e. The van der Waals surface area contributed by atoms with Crippen LogP contribution in [0.15, 0.2) is 48.5 Å². The summed E-state index contributed by atoms with van der Waals surface area (Å²) in [6.07, 6.45) is 0.00487. The lowest BCUT2D eigenvalue weighted by molar-refractivity contribution is 0.0956. The van der Waals surface area contributed by atoms with Gasteiger partial charge in [0.2, 0.25) is 0 Å². The highest BCUT2D eigenvalue weighted by Crippen LogP contribution is 2.26. The van der Waals surface area contributed by atoms with Gasteiger partial charge in [-0.2, -0.15) is 5.26 Å². The van der Waals surface area contributed by atoms with E-state index in [4.69, 9.17) is 16.9 Å². The van der Waals surface area contributed by atoms with Gasteiger partial charge in [0.1, 0.15) is 5.82 Å². The Balaban J connectivity index is 2.40. The molecule has 0 heterocycles.